The lowest BCUT2D eigenvalue weighted by Gasteiger charge is -2.21. The van der Waals surface area contributed by atoms with Crippen LogP contribution >= 0.6 is 0 Å². The number of hydrogen-bond donors (Lipinski definition) is 2. The van der Waals surface area contributed by atoms with Crippen LogP contribution in [0.15, 0.2) is 76.6 Å². The number of amides is 1. The molecule has 0 bridgehead atoms. The van der Waals surface area contributed by atoms with Crippen molar-refractivity contribution in [2.24, 2.45) is 10.7 Å². The molecule has 286 valence electrons. The summed E-state index contributed by atoms with van der Waals surface area (Å²) in [6.07, 6.45) is -1.04. The lowest BCUT2D eigenvalue weighted by Crippen LogP contribution is -2.38. The normalized spacial score (nSPS) is 11.8. The minimum Gasteiger partial charge on any atom is -0.487 e. The zero-order chi connectivity index (χ0) is 39.2. The third-order valence-electron chi connectivity index (χ3n) is 7.34. The van der Waals surface area contributed by atoms with Gasteiger partial charge in [0.15, 0.2) is 6.61 Å². The molecule has 0 spiro atoms. The first-order chi connectivity index (χ1) is 25.0. The first-order valence-electron chi connectivity index (χ1n) is 16.6. The molecule has 1 amide bonds. The number of sulfonamides is 1. The summed E-state index contributed by atoms with van der Waals surface area (Å²) in [7, 11) is -4.27. The van der Waals surface area contributed by atoms with Crippen molar-refractivity contribution in [1.29, 1.82) is 0 Å². The van der Waals surface area contributed by atoms with Gasteiger partial charge in [0, 0.05) is 19.0 Å². The zero-order valence-electron chi connectivity index (χ0n) is 30.5. The molecule has 3 aromatic carbocycles. The zero-order valence-corrected chi connectivity index (χ0v) is 31.3. The molecule has 3 rings (SSSR count). The fraction of sp³-hybridized carbons (Fsp3) is 0.378. The molecule has 0 atom stereocenters. The Morgan fingerprint density at radius 2 is 1.62 bits per heavy atom. The molecule has 0 fully saturated rings. The predicted octanol–water partition coefficient (Wildman–Crippen LogP) is 4.54. The van der Waals surface area contributed by atoms with Gasteiger partial charge in [-0.1, -0.05) is 56.3 Å². The maximum absolute atomic E-state index is 13.8. The third-order valence-corrected chi connectivity index (χ3v) is 8.82. The Morgan fingerprint density at radius 1 is 0.906 bits per heavy atom. The molecule has 0 radical (unpaired) electrons. The second-order valence-corrected chi connectivity index (χ2v) is 14.0. The van der Waals surface area contributed by atoms with Crippen LogP contribution in [-0.4, -0.2) is 70.4 Å². The molecule has 0 heterocycles. The van der Waals surface area contributed by atoms with Crippen LogP contribution in [0.1, 0.15) is 69.7 Å². The van der Waals surface area contributed by atoms with Gasteiger partial charge < -0.3 is 34.2 Å². The molecule has 3 N–H and O–H groups in total. The molecule has 16 heteroatoms. The van der Waals surface area contributed by atoms with Gasteiger partial charge in [0.05, 0.1) is 6.61 Å². The summed E-state index contributed by atoms with van der Waals surface area (Å²) < 4.78 is 61.3. The van der Waals surface area contributed by atoms with Gasteiger partial charge in [0.25, 0.3) is 0 Å². The fourth-order valence-corrected chi connectivity index (χ4v) is 5.84. The first kappa shape index (κ1) is 41.9. The summed E-state index contributed by atoms with van der Waals surface area (Å²) in [5, 5.41) is 0. The largest absolute Gasteiger partial charge is 0.487 e. The smallest absolute Gasteiger partial charge is 0.438 e. The quantitative estimate of drug-likeness (QED) is 0.0602. The van der Waals surface area contributed by atoms with Gasteiger partial charge in [-0.05, 0) is 74.1 Å². The summed E-state index contributed by atoms with van der Waals surface area (Å²) in [6, 6.07) is 18.6. The van der Waals surface area contributed by atoms with Gasteiger partial charge in [-0.15, -0.1) is 0 Å². The van der Waals surface area contributed by atoms with Crippen molar-refractivity contribution in [2.45, 2.75) is 71.0 Å². The number of carbonyl (C=O) groups excluding carboxylic acids is 4. The minimum atomic E-state index is -4.27. The summed E-state index contributed by atoms with van der Waals surface area (Å²) in [5.74, 6) is -2.01. The van der Waals surface area contributed by atoms with E-state index in [0.717, 1.165) is 18.1 Å². The summed E-state index contributed by atoms with van der Waals surface area (Å²) in [5.41, 5.74) is 6.89. The lowest BCUT2D eigenvalue weighted by molar-refractivity contribution is -0.182. The number of benzene rings is 3. The Kier molecular flexibility index (Phi) is 15.3. The average Bonchev–Trinajstić information content (AvgIpc) is 3.09. The highest BCUT2D eigenvalue weighted by atomic mass is 32.2. The number of rotatable bonds is 18. The Hall–Kier alpha value is -5.48. The van der Waals surface area contributed by atoms with Crippen molar-refractivity contribution in [3.05, 3.63) is 89.0 Å². The molecule has 0 saturated carbocycles. The molecule has 53 heavy (non-hydrogen) atoms. The molecular formula is C37H45N3O12S. The predicted molar refractivity (Wildman–Crippen MR) is 193 cm³/mol. The summed E-state index contributed by atoms with van der Waals surface area (Å²) in [4.78, 5) is 51.0. The monoisotopic (exact) mass is 755 g/mol. The van der Waals surface area contributed by atoms with Gasteiger partial charge in [0.2, 0.25) is 22.4 Å². The van der Waals surface area contributed by atoms with Crippen molar-refractivity contribution < 1.29 is 56.0 Å². The lowest BCUT2D eigenvalue weighted by atomic mass is 10.00. The van der Waals surface area contributed by atoms with Crippen LogP contribution in [0.5, 0.6) is 11.5 Å². The van der Waals surface area contributed by atoms with E-state index < -0.39 is 52.3 Å². The number of nitrogens with zero attached hydrogens (tertiary/aromatic N) is 1. The van der Waals surface area contributed by atoms with Gasteiger partial charge in [0.1, 0.15) is 28.8 Å². The molecule has 0 aromatic heterocycles. The number of esters is 3. The molecule has 0 unspecified atom stereocenters. The molecular weight excluding hydrogens is 710 g/mol. The number of nitrogens with two attached hydrogens (primary N) is 1. The van der Waals surface area contributed by atoms with E-state index in [2.05, 4.69) is 9.71 Å². The van der Waals surface area contributed by atoms with Crippen LogP contribution in [0.3, 0.4) is 0 Å². The molecule has 15 nitrogen and oxygen atoms in total. The van der Waals surface area contributed by atoms with Gasteiger partial charge in [-0.25, -0.2) is 27.5 Å². The number of ether oxygens (including phenoxy) is 6. The number of amidine groups is 1. The summed E-state index contributed by atoms with van der Waals surface area (Å²) in [6.45, 7) is 8.46. The summed E-state index contributed by atoms with van der Waals surface area (Å²) >= 11 is 0. The van der Waals surface area contributed by atoms with Crippen molar-refractivity contribution >= 4 is 39.9 Å². The van der Waals surface area contributed by atoms with E-state index in [1.165, 1.54) is 32.0 Å². The van der Waals surface area contributed by atoms with Crippen LogP contribution in [0.4, 0.5) is 4.79 Å². The van der Waals surface area contributed by atoms with E-state index in [4.69, 9.17) is 34.2 Å². The van der Waals surface area contributed by atoms with Crippen LogP contribution < -0.4 is 19.9 Å². The van der Waals surface area contributed by atoms with E-state index in [1.807, 2.05) is 62.4 Å². The Morgan fingerprint density at radius 3 is 2.28 bits per heavy atom. The van der Waals surface area contributed by atoms with Gasteiger partial charge >= 0.3 is 24.0 Å². The van der Waals surface area contributed by atoms with E-state index in [0.29, 0.717) is 11.3 Å². The molecule has 0 aliphatic rings. The van der Waals surface area contributed by atoms with Crippen molar-refractivity contribution in [3.8, 4) is 11.5 Å². The number of aliphatic imine (C=N–C) groups is 1. The first-order valence-corrected chi connectivity index (χ1v) is 18.1. The van der Waals surface area contributed by atoms with E-state index in [9.17, 15) is 27.6 Å². The van der Waals surface area contributed by atoms with Gasteiger partial charge in [-0.2, -0.15) is 4.99 Å². The van der Waals surface area contributed by atoms with Crippen LogP contribution in [0.25, 0.3) is 0 Å². The second kappa shape index (κ2) is 19.4. The highest BCUT2D eigenvalue weighted by molar-refractivity contribution is 7.89. The van der Waals surface area contributed by atoms with Crippen LogP contribution in [-0.2, 0) is 56.4 Å². The number of nitrogens with one attached hydrogen (secondary N) is 1. The van der Waals surface area contributed by atoms with Gasteiger partial charge in [-0.3, -0.25) is 4.79 Å². The molecule has 0 aliphatic heterocycles. The third kappa shape index (κ3) is 13.2. The van der Waals surface area contributed by atoms with Crippen LogP contribution in [0, 0.1) is 0 Å². The van der Waals surface area contributed by atoms with Crippen molar-refractivity contribution in [2.75, 3.05) is 26.6 Å². The maximum Gasteiger partial charge on any atom is 0.438 e. The Balaban J connectivity index is 1.81. The number of hydrogen-bond acceptors (Lipinski definition) is 12. The fourth-order valence-electron chi connectivity index (χ4n) is 4.64. The van der Waals surface area contributed by atoms with E-state index in [1.54, 1.807) is 6.92 Å². The minimum absolute atomic E-state index is 0.00234. The van der Waals surface area contributed by atoms with E-state index >= 15 is 0 Å². The van der Waals surface area contributed by atoms with E-state index in [-0.39, 0.29) is 54.9 Å². The topological polar surface area (TPSA) is 208 Å². The second-order valence-electron chi connectivity index (χ2n) is 12.3. The average molecular weight is 756 g/mol. The Bertz CT molecular complexity index is 1890. The van der Waals surface area contributed by atoms with Crippen LogP contribution in [0.2, 0.25) is 0 Å². The highest BCUT2D eigenvalue weighted by Gasteiger charge is 2.33. The standard InChI is InChI=1S/C37H45N3O12S/c1-7-47-33(42)22-49-31-19-28(24(2)3)14-13-27(31)17-18-39-53(45,46)32-20-29(15-16-30(32)48-21-26-11-9-8-10-12-26)34(38)40-36(44)51-23-50-35(43)37(5,6)52-25(4)41/h8-16,19-20,24,39H,7,17-18,21-23H2,1-6H3,(H2,38,40,44). The van der Waals surface area contributed by atoms with Crippen molar-refractivity contribution in [3.63, 3.8) is 0 Å². The highest BCUT2D eigenvalue weighted by Crippen LogP contribution is 2.28. The number of carbonyl (C=O) groups is 4. The SMILES string of the molecule is CCOC(=O)COc1cc(C(C)C)ccc1CCNS(=O)(=O)c1cc(C(N)=NC(=O)OCOC(=O)C(C)(C)OC(C)=O)ccc1OCc1ccccc1. The van der Waals surface area contributed by atoms with Crippen molar-refractivity contribution in [1.82, 2.24) is 4.72 Å². The Labute approximate surface area is 308 Å². The molecule has 0 aliphatic carbocycles. The molecule has 0 saturated heterocycles. The maximum atomic E-state index is 13.8. The molecule has 3 aromatic rings.